The first kappa shape index (κ1) is 31.6. The third kappa shape index (κ3) is 13.0. The summed E-state index contributed by atoms with van der Waals surface area (Å²) in [6.07, 6.45) is 17.6. The van der Waals surface area contributed by atoms with Gasteiger partial charge in [-0.15, -0.1) is 13.2 Å². The van der Waals surface area contributed by atoms with E-state index < -0.39 is 32.5 Å². The SMILES string of the molecule is C=CCCCCCCCCOC(=O)c1cccc(S(=O)(=O)O)c1C(=O)OCCCCCCCCC=C. The second-order valence-electron chi connectivity index (χ2n) is 8.82. The Morgan fingerprint density at radius 3 is 1.64 bits per heavy atom. The van der Waals surface area contributed by atoms with E-state index in [1.807, 2.05) is 12.2 Å². The molecule has 0 fully saturated rings. The minimum Gasteiger partial charge on any atom is -0.462 e. The molecule has 0 aromatic heterocycles. The highest BCUT2D eigenvalue weighted by Gasteiger charge is 2.28. The fourth-order valence-electron chi connectivity index (χ4n) is 3.80. The molecule has 7 nitrogen and oxygen atoms in total. The zero-order valence-corrected chi connectivity index (χ0v) is 22.2. The summed E-state index contributed by atoms with van der Waals surface area (Å²) < 4.78 is 43.9. The largest absolute Gasteiger partial charge is 0.462 e. The quantitative estimate of drug-likeness (QED) is 0.0795. The van der Waals surface area contributed by atoms with Gasteiger partial charge in [-0.05, 0) is 50.7 Å². The van der Waals surface area contributed by atoms with Crippen LogP contribution in [0.1, 0.15) is 111 Å². The van der Waals surface area contributed by atoms with Crippen LogP contribution in [0.5, 0.6) is 0 Å². The molecule has 1 aromatic rings. The zero-order valence-electron chi connectivity index (χ0n) is 21.4. The van der Waals surface area contributed by atoms with Crippen LogP contribution in [0.4, 0.5) is 0 Å². The standard InChI is InChI=1S/C28H42O7S/c1-3-5-7-9-11-13-15-17-22-34-27(29)24-20-19-21-25(36(31,32)33)26(24)28(30)35-23-18-16-14-12-10-8-6-4-2/h3-4,19-21H,1-2,5-18,22-23H2,(H,31,32,33). The Morgan fingerprint density at radius 2 is 1.17 bits per heavy atom. The molecular formula is C28H42O7S. The molecular weight excluding hydrogens is 480 g/mol. The van der Waals surface area contributed by atoms with Crippen LogP contribution < -0.4 is 0 Å². The minimum absolute atomic E-state index is 0.0899. The topological polar surface area (TPSA) is 107 Å². The minimum atomic E-state index is -4.75. The van der Waals surface area contributed by atoms with Crippen molar-refractivity contribution in [2.45, 2.75) is 94.8 Å². The second-order valence-corrected chi connectivity index (χ2v) is 10.2. The van der Waals surface area contributed by atoms with Crippen LogP contribution in [0.15, 0.2) is 48.4 Å². The van der Waals surface area contributed by atoms with E-state index in [1.165, 1.54) is 12.1 Å². The van der Waals surface area contributed by atoms with Crippen molar-refractivity contribution in [3.8, 4) is 0 Å². The first-order chi connectivity index (χ1) is 17.3. The second kappa shape index (κ2) is 18.8. The molecule has 0 aliphatic carbocycles. The molecule has 36 heavy (non-hydrogen) atoms. The van der Waals surface area contributed by atoms with Gasteiger partial charge in [0, 0.05) is 0 Å². The maximum atomic E-state index is 12.7. The number of allylic oxidation sites excluding steroid dienone is 2. The Morgan fingerprint density at radius 1 is 0.722 bits per heavy atom. The average Bonchev–Trinajstić information content (AvgIpc) is 2.85. The Bertz CT molecular complexity index is 922. The molecule has 0 heterocycles. The van der Waals surface area contributed by atoms with Crippen molar-refractivity contribution < 1.29 is 32.0 Å². The van der Waals surface area contributed by atoms with Crippen molar-refractivity contribution in [2.75, 3.05) is 13.2 Å². The molecule has 0 spiro atoms. The van der Waals surface area contributed by atoms with E-state index in [4.69, 9.17) is 9.47 Å². The molecule has 0 radical (unpaired) electrons. The molecule has 0 amide bonds. The van der Waals surface area contributed by atoms with Gasteiger partial charge >= 0.3 is 11.9 Å². The lowest BCUT2D eigenvalue weighted by Crippen LogP contribution is -2.19. The van der Waals surface area contributed by atoms with Crippen molar-refractivity contribution in [3.63, 3.8) is 0 Å². The number of rotatable bonds is 21. The fraction of sp³-hybridized carbons (Fsp3) is 0.571. The third-order valence-electron chi connectivity index (χ3n) is 5.80. The van der Waals surface area contributed by atoms with Gasteiger partial charge in [0.1, 0.15) is 4.90 Å². The lowest BCUT2D eigenvalue weighted by Gasteiger charge is -2.13. The van der Waals surface area contributed by atoms with E-state index in [0.717, 1.165) is 83.1 Å². The molecule has 1 aromatic carbocycles. The summed E-state index contributed by atoms with van der Waals surface area (Å²) in [5.74, 6) is -1.79. The smallest absolute Gasteiger partial charge is 0.340 e. The van der Waals surface area contributed by atoms with Crippen molar-refractivity contribution in [2.24, 2.45) is 0 Å². The molecule has 8 heteroatoms. The van der Waals surface area contributed by atoms with E-state index in [1.54, 1.807) is 0 Å². The first-order valence-electron chi connectivity index (χ1n) is 13.0. The zero-order chi connectivity index (χ0) is 26.7. The van der Waals surface area contributed by atoms with Crippen molar-refractivity contribution in [1.82, 2.24) is 0 Å². The molecule has 0 bridgehead atoms. The molecule has 0 atom stereocenters. The molecule has 1 N–H and O–H groups in total. The highest BCUT2D eigenvalue weighted by molar-refractivity contribution is 7.86. The van der Waals surface area contributed by atoms with E-state index in [-0.39, 0.29) is 18.8 Å². The van der Waals surface area contributed by atoms with Crippen molar-refractivity contribution in [1.29, 1.82) is 0 Å². The Labute approximate surface area is 216 Å². The molecule has 202 valence electrons. The van der Waals surface area contributed by atoms with Gasteiger partial charge in [-0.25, -0.2) is 9.59 Å². The number of carbonyl (C=O) groups excluding carboxylic acids is 2. The average molecular weight is 523 g/mol. The summed E-state index contributed by atoms with van der Waals surface area (Å²) in [4.78, 5) is 24.7. The highest BCUT2D eigenvalue weighted by Crippen LogP contribution is 2.22. The molecule has 0 aliphatic heterocycles. The predicted molar refractivity (Wildman–Crippen MR) is 142 cm³/mol. The Kier molecular flexibility index (Phi) is 16.5. The molecule has 0 unspecified atom stereocenters. The van der Waals surface area contributed by atoms with Gasteiger partial charge in [-0.2, -0.15) is 8.42 Å². The number of hydrogen-bond donors (Lipinski definition) is 1. The van der Waals surface area contributed by atoms with Crippen molar-refractivity contribution >= 4 is 22.1 Å². The summed E-state index contributed by atoms with van der Waals surface area (Å²) in [6.45, 7) is 7.65. The number of carbonyl (C=O) groups is 2. The number of hydrogen-bond acceptors (Lipinski definition) is 6. The van der Waals surface area contributed by atoms with Crippen LogP contribution in [-0.2, 0) is 19.6 Å². The van der Waals surface area contributed by atoms with Gasteiger partial charge < -0.3 is 9.47 Å². The van der Waals surface area contributed by atoms with Crippen molar-refractivity contribution in [3.05, 3.63) is 54.6 Å². The van der Waals surface area contributed by atoms with E-state index >= 15 is 0 Å². The lowest BCUT2D eigenvalue weighted by atomic mass is 10.1. The normalized spacial score (nSPS) is 11.1. The third-order valence-corrected chi connectivity index (χ3v) is 6.70. The Balaban J connectivity index is 2.62. The monoisotopic (exact) mass is 522 g/mol. The molecule has 1 rings (SSSR count). The number of esters is 2. The number of benzene rings is 1. The maximum absolute atomic E-state index is 12.7. The van der Waals surface area contributed by atoms with Crippen LogP contribution in [0.3, 0.4) is 0 Å². The van der Waals surface area contributed by atoms with Gasteiger partial charge in [0.2, 0.25) is 0 Å². The Hall–Kier alpha value is -2.45. The van der Waals surface area contributed by atoms with Gasteiger partial charge in [-0.3, -0.25) is 4.55 Å². The van der Waals surface area contributed by atoms with Crippen LogP contribution in [0, 0.1) is 0 Å². The summed E-state index contributed by atoms with van der Waals surface area (Å²) >= 11 is 0. The molecule has 0 aliphatic rings. The summed E-state index contributed by atoms with van der Waals surface area (Å²) in [6, 6.07) is 3.65. The summed E-state index contributed by atoms with van der Waals surface area (Å²) in [7, 11) is -4.75. The fourth-order valence-corrected chi connectivity index (χ4v) is 4.50. The van der Waals surface area contributed by atoms with E-state index in [2.05, 4.69) is 13.2 Å². The lowest BCUT2D eigenvalue weighted by molar-refractivity contribution is 0.0446. The van der Waals surface area contributed by atoms with Gasteiger partial charge in [0.05, 0.1) is 24.3 Å². The van der Waals surface area contributed by atoms with Crippen LogP contribution in [0.25, 0.3) is 0 Å². The number of ether oxygens (including phenoxy) is 2. The van der Waals surface area contributed by atoms with E-state index in [9.17, 15) is 22.6 Å². The van der Waals surface area contributed by atoms with Crippen LogP contribution >= 0.6 is 0 Å². The highest BCUT2D eigenvalue weighted by atomic mass is 32.2. The summed E-state index contributed by atoms with van der Waals surface area (Å²) in [5.41, 5.74) is -0.724. The predicted octanol–water partition coefficient (Wildman–Crippen LogP) is 7.08. The molecule has 0 saturated carbocycles. The number of unbranched alkanes of at least 4 members (excludes halogenated alkanes) is 12. The van der Waals surface area contributed by atoms with Gasteiger partial charge in [0.15, 0.2) is 0 Å². The van der Waals surface area contributed by atoms with E-state index in [0.29, 0.717) is 12.8 Å². The maximum Gasteiger partial charge on any atom is 0.340 e. The van der Waals surface area contributed by atoms with Crippen LogP contribution in [-0.4, -0.2) is 38.1 Å². The first-order valence-corrected chi connectivity index (χ1v) is 14.4. The summed E-state index contributed by atoms with van der Waals surface area (Å²) in [5, 5.41) is 0. The van der Waals surface area contributed by atoms with Gasteiger partial charge in [0.25, 0.3) is 10.1 Å². The van der Waals surface area contributed by atoms with Gasteiger partial charge in [-0.1, -0.05) is 69.6 Å². The van der Waals surface area contributed by atoms with Crippen LogP contribution in [0.2, 0.25) is 0 Å². The molecule has 0 saturated heterocycles.